The molecule has 0 bridgehead atoms. The number of amides is 3. The molecule has 3 aromatic rings. The van der Waals surface area contributed by atoms with Crippen LogP contribution < -0.4 is 10.1 Å². The van der Waals surface area contributed by atoms with Gasteiger partial charge in [-0.2, -0.15) is 0 Å². The van der Waals surface area contributed by atoms with E-state index in [1.54, 1.807) is 36.4 Å². The average Bonchev–Trinajstić information content (AvgIpc) is 3.09. The number of aryl methyl sites for hydroxylation is 2. The molecule has 4 rings (SSSR count). The highest BCUT2D eigenvalue weighted by atomic mass is 79.9. The number of rotatable bonds is 7. The van der Waals surface area contributed by atoms with Crippen LogP contribution in [0.25, 0.3) is 6.08 Å². The van der Waals surface area contributed by atoms with E-state index in [4.69, 9.17) is 16.3 Å². The number of hydrogen-bond acceptors (Lipinski definition) is 5. The van der Waals surface area contributed by atoms with Crippen molar-refractivity contribution in [1.82, 2.24) is 4.90 Å². The molecular weight excluding hydrogens is 564 g/mol. The SMILES string of the molecule is Cc1ccc(NC(=O)CN2C(=O)S/C(=C/c3cc(Br)ccc3OCc3ccc(Cl)cc3)C2=O)cc1C. The molecule has 3 aromatic carbocycles. The topological polar surface area (TPSA) is 75.7 Å². The van der Waals surface area contributed by atoms with Crippen LogP contribution in [0.1, 0.15) is 22.3 Å². The van der Waals surface area contributed by atoms with Gasteiger partial charge in [0.15, 0.2) is 0 Å². The lowest BCUT2D eigenvalue weighted by Gasteiger charge is -2.13. The van der Waals surface area contributed by atoms with Crippen molar-refractivity contribution in [2.75, 3.05) is 11.9 Å². The first kappa shape index (κ1) is 26.0. The number of carbonyl (C=O) groups excluding carboxylic acids is 3. The van der Waals surface area contributed by atoms with Crippen LogP contribution in [0, 0.1) is 13.8 Å². The Morgan fingerprint density at radius 2 is 1.81 bits per heavy atom. The number of halogens is 2. The second-order valence-electron chi connectivity index (χ2n) is 8.21. The molecule has 0 radical (unpaired) electrons. The molecule has 1 fully saturated rings. The largest absolute Gasteiger partial charge is 0.488 e. The Morgan fingerprint density at radius 1 is 1.06 bits per heavy atom. The summed E-state index contributed by atoms with van der Waals surface area (Å²) in [5.74, 6) is -0.424. The predicted octanol–water partition coefficient (Wildman–Crippen LogP) is 6.97. The number of nitrogens with zero attached hydrogens (tertiary/aromatic N) is 1. The Hall–Kier alpha value is -3.07. The maximum absolute atomic E-state index is 13.0. The van der Waals surface area contributed by atoms with Gasteiger partial charge in [0.2, 0.25) is 5.91 Å². The van der Waals surface area contributed by atoms with Crippen molar-refractivity contribution in [2.45, 2.75) is 20.5 Å². The predicted molar refractivity (Wildman–Crippen MR) is 147 cm³/mol. The van der Waals surface area contributed by atoms with E-state index in [1.807, 2.05) is 44.2 Å². The number of imide groups is 1. The average molecular weight is 586 g/mol. The fraction of sp³-hybridized carbons (Fsp3) is 0.148. The molecule has 0 unspecified atom stereocenters. The van der Waals surface area contributed by atoms with Crippen LogP contribution >= 0.6 is 39.3 Å². The van der Waals surface area contributed by atoms with Gasteiger partial charge < -0.3 is 10.1 Å². The zero-order chi connectivity index (χ0) is 25.8. The normalized spacial score (nSPS) is 14.4. The molecule has 1 aliphatic rings. The molecule has 0 aliphatic carbocycles. The third kappa shape index (κ3) is 6.37. The van der Waals surface area contributed by atoms with Crippen LogP contribution in [0.4, 0.5) is 10.5 Å². The van der Waals surface area contributed by atoms with Gasteiger partial charge in [-0.25, -0.2) is 0 Å². The van der Waals surface area contributed by atoms with Crippen LogP contribution in [-0.2, 0) is 16.2 Å². The van der Waals surface area contributed by atoms with Crippen molar-refractivity contribution in [3.8, 4) is 5.75 Å². The van der Waals surface area contributed by atoms with E-state index in [0.717, 1.165) is 37.8 Å². The van der Waals surface area contributed by atoms with E-state index in [1.165, 1.54) is 0 Å². The van der Waals surface area contributed by atoms with Crippen LogP contribution in [0.2, 0.25) is 5.02 Å². The summed E-state index contributed by atoms with van der Waals surface area (Å²) in [7, 11) is 0. The summed E-state index contributed by atoms with van der Waals surface area (Å²) in [6, 6.07) is 18.3. The van der Waals surface area contributed by atoms with Crippen molar-refractivity contribution in [3.63, 3.8) is 0 Å². The van der Waals surface area contributed by atoms with Crippen molar-refractivity contribution in [2.24, 2.45) is 0 Å². The minimum atomic E-state index is -0.524. The summed E-state index contributed by atoms with van der Waals surface area (Å²) in [4.78, 5) is 39.2. The number of anilines is 1. The van der Waals surface area contributed by atoms with Crippen LogP contribution in [0.3, 0.4) is 0 Å². The van der Waals surface area contributed by atoms with Crippen molar-refractivity contribution in [3.05, 3.63) is 97.3 Å². The van der Waals surface area contributed by atoms with Crippen molar-refractivity contribution >= 4 is 68.1 Å². The fourth-order valence-electron chi connectivity index (χ4n) is 3.45. The number of benzene rings is 3. The molecule has 0 spiro atoms. The van der Waals surface area contributed by atoms with Gasteiger partial charge in [-0.15, -0.1) is 0 Å². The number of nitrogens with one attached hydrogen (secondary N) is 1. The van der Waals surface area contributed by atoms with Gasteiger partial charge >= 0.3 is 0 Å². The first-order chi connectivity index (χ1) is 17.2. The molecule has 1 aliphatic heterocycles. The van der Waals surface area contributed by atoms with Crippen LogP contribution in [0.15, 0.2) is 70.0 Å². The van der Waals surface area contributed by atoms with E-state index in [0.29, 0.717) is 28.6 Å². The maximum Gasteiger partial charge on any atom is 0.294 e. The van der Waals surface area contributed by atoms with E-state index in [-0.39, 0.29) is 11.4 Å². The zero-order valence-corrected chi connectivity index (χ0v) is 22.7. The molecule has 36 heavy (non-hydrogen) atoms. The smallest absolute Gasteiger partial charge is 0.294 e. The molecular formula is C27H22BrClN2O4S. The molecule has 6 nitrogen and oxygen atoms in total. The molecule has 0 aromatic heterocycles. The Labute approximate surface area is 226 Å². The van der Waals surface area contributed by atoms with Crippen LogP contribution in [0.5, 0.6) is 5.75 Å². The van der Waals surface area contributed by atoms with E-state index in [2.05, 4.69) is 21.2 Å². The molecule has 0 saturated carbocycles. The number of hydrogen-bond donors (Lipinski definition) is 1. The first-order valence-electron chi connectivity index (χ1n) is 11.0. The summed E-state index contributed by atoms with van der Waals surface area (Å²) in [6.45, 7) is 3.86. The van der Waals surface area contributed by atoms with Gasteiger partial charge in [-0.3, -0.25) is 19.3 Å². The van der Waals surface area contributed by atoms with E-state index < -0.39 is 17.1 Å². The molecule has 1 N–H and O–H groups in total. The standard InChI is InChI=1S/C27H22BrClN2O4S/c1-16-3-9-22(11-17(16)2)30-25(32)14-31-26(33)24(36-27(31)34)13-19-12-20(28)6-10-23(19)35-15-18-4-7-21(29)8-5-18/h3-13H,14-15H2,1-2H3,(H,30,32)/b24-13+. The quantitative estimate of drug-likeness (QED) is 0.303. The lowest BCUT2D eigenvalue weighted by molar-refractivity contribution is -0.127. The minimum Gasteiger partial charge on any atom is -0.488 e. The molecule has 0 atom stereocenters. The first-order valence-corrected chi connectivity index (χ1v) is 13.0. The second kappa shape index (κ2) is 11.3. The summed E-state index contributed by atoms with van der Waals surface area (Å²) < 4.78 is 6.77. The third-order valence-corrected chi connectivity index (χ3v) is 7.18. The monoisotopic (exact) mass is 584 g/mol. The van der Waals surface area contributed by atoms with E-state index >= 15 is 0 Å². The Balaban J connectivity index is 1.47. The van der Waals surface area contributed by atoms with E-state index in [9.17, 15) is 14.4 Å². The Morgan fingerprint density at radius 3 is 2.53 bits per heavy atom. The van der Waals surface area contributed by atoms with Crippen molar-refractivity contribution in [1.29, 1.82) is 0 Å². The van der Waals surface area contributed by atoms with Gasteiger partial charge in [-0.1, -0.05) is 45.7 Å². The Kier molecular flexibility index (Phi) is 8.18. The Bertz CT molecular complexity index is 1370. The molecule has 184 valence electrons. The third-order valence-electron chi connectivity index (χ3n) is 5.53. The summed E-state index contributed by atoms with van der Waals surface area (Å²) >= 11 is 10.2. The van der Waals surface area contributed by atoms with Crippen molar-refractivity contribution < 1.29 is 19.1 Å². The highest BCUT2D eigenvalue weighted by Crippen LogP contribution is 2.35. The summed E-state index contributed by atoms with van der Waals surface area (Å²) in [5.41, 5.74) is 4.31. The van der Waals surface area contributed by atoms with Gasteiger partial charge in [0.1, 0.15) is 18.9 Å². The minimum absolute atomic E-state index is 0.216. The zero-order valence-electron chi connectivity index (χ0n) is 19.5. The highest BCUT2D eigenvalue weighted by molar-refractivity contribution is 9.10. The molecule has 3 amide bonds. The molecule has 9 heteroatoms. The summed E-state index contributed by atoms with van der Waals surface area (Å²) in [5, 5.41) is 2.89. The summed E-state index contributed by atoms with van der Waals surface area (Å²) in [6.07, 6.45) is 1.61. The van der Waals surface area contributed by atoms with Gasteiger partial charge in [0, 0.05) is 20.7 Å². The van der Waals surface area contributed by atoms with Gasteiger partial charge in [0.25, 0.3) is 11.1 Å². The molecule has 1 saturated heterocycles. The van der Waals surface area contributed by atoms with Crippen LogP contribution in [-0.4, -0.2) is 28.5 Å². The van der Waals surface area contributed by atoms with Gasteiger partial charge in [-0.05, 0) is 90.8 Å². The second-order valence-corrected chi connectivity index (χ2v) is 10.6. The fourth-order valence-corrected chi connectivity index (χ4v) is 4.78. The molecule has 1 heterocycles. The maximum atomic E-state index is 13.0. The highest BCUT2D eigenvalue weighted by Gasteiger charge is 2.36. The number of carbonyl (C=O) groups is 3. The number of ether oxygens (including phenoxy) is 1. The lowest BCUT2D eigenvalue weighted by atomic mass is 10.1. The lowest BCUT2D eigenvalue weighted by Crippen LogP contribution is -2.36. The van der Waals surface area contributed by atoms with Gasteiger partial charge in [0.05, 0.1) is 4.91 Å². The number of thioether (sulfide) groups is 1.